The van der Waals surface area contributed by atoms with Crippen LogP contribution in [0.5, 0.6) is 11.5 Å². The summed E-state index contributed by atoms with van der Waals surface area (Å²) in [6, 6.07) is 12.6. The standard InChI is InChI=1S/C20H20F2N4O2/c1-13-11-19(25-14-3-8-17(21)18(22)12-14)26-20(24-13)23-9-10-28-16-6-4-15(27-2)5-7-16/h3-8,11-12H,9-10H2,1-2H3,(H2,23,24,25,26). The van der Waals surface area contributed by atoms with Gasteiger partial charge in [0.25, 0.3) is 0 Å². The summed E-state index contributed by atoms with van der Waals surface area (Å²) in [6.07, 6.45) is 0. The number of anilines is 3. The molecule has 1 aromatic heterocycles. The monoisotopic (exact) mass is 386 g/mol. The van der Waals surface area contributed by atoms with Gasteiger partial charge in [0.1, 0.15) is 23.9 Å². The van der Waals surface area contributed by atoms with E-state index in [9.17, 15) is 8.78 Å². The molecule has 0 aliphatic heterocycles. The number of hydrogen-bond donors (Lipinski definition) is 2. The van der Waals surface area contributed by atoms with Gasteiger partial charge in [0.2, 0.25) is 5.95 Å². The lowest BCUT2D eigenvalue weighted by atomic mass is 10.3. The molecule has 0 aliphatic carbocycles. The predicted molar refractivity (Wildman–Crippen MR) is 103 cm³/mol. The van der Waals surface area contributed by atoms with Crippen molar-refractivity contribution in [2.24, 2.45) is 0 Å². The van der Waals surface area contributed by atoms with E-state index in [-0.39, 0.29) is 0 Å². The molecular weight excluding hydrogens is 366 g/mol. The van der Waals surface area contributed by atoms with Crippen LogP contribution in [-0.4, -0.2) is 30.2 Å². The summed E-state index contributed by atoms with van der Waals surface area (Å²) in [5, 5.41) is 6.02. The number of ether oxygens (including phenoxy) is 2. The number of nitrogens with one attached hydrogen (secondary N) is 2. The van der Waals surface area contributed by atoms with Crippen molar-refractivity contribution >= 4 is 17.5 Å². The maximum Gasteiger partial charge on any atom is 0.224 e. The fourth-order valence-electron chi connectivity index (χ4n) is 2.44. The quantitative estimate of drug-likeness (QED) is 0.563. The van der Waals surface area contributed by atoms with E-state index in [0.717, 1.165) is 29.3 Å². The van der Waals surface area contributed by atoms with Crippen molar-refractivity contribution in [1.82, 2.24) is 9.97 Å². The number of aryl methyl sites for hydroxylation is 1. The molecule has 3 rings (SSSR count). The minimum atomic E-state index is -0.926. The Bertz CT molecular complexity index is 936. The summed E-state index contributed by atoms with van der Waals surface area (Å²) in [5.41, 5.74) is 1.12. The fraction of sp³-hybridized carbons (Fsp3) is 0.200. The molecule has 0 atom stereocenters. The van der Waals surface area contributed by atoms with E-state index < -0.39 is 11.6 Å². The smallest absolute Gasteiger partial charge is 0.224 e. The minimum Gasteiger partial charge on any atom is -0.497 e. The highest BCUT2D eigenvalue weighted by molar-refractivity contribution is 5.57. The van der Waals surface area contributed by atoms with Gasteiger partial charge >= 0.3 is 0 Å². The van der Waals surface area contributed by atoms with Crippen LogP contribution in [0.3, 0.4) is 0 Å². The van der Waals surface area contributed by atoms with Crippen molar-refractivity contribution in [1.29, 1.82) is 0 Å². The first-order chi connectivity index (χ1) is 13.5. The maximum atomic E-state index is 13.3. The van der Waals surface area contributed by atoms with Crippen molar-refractivity contribution < 1.29 is 18.3 Å². The largest absolute Gasteiger partial charge is 0.497 e. The molecular formula is C20H20F2N4O2. The molecule has 2 aromatic carbocycles. The van der Waals surface area contributed by atoms with Crippen LogP contribution in [0.1, 0.15) is 5.69 Å². The molecule has 146 valence electrons. The molecule has 28 heavy (non-hydrogen) atoms. The fourth-order valence-corrected chi connectivity index (χ4v) is 2.44. The summed E-state index contributed by atoms with van der Waals surface area (Å²) < 4.78 is 37.1. The third-order valence-electron chi connectivity index (χ3n) is 3.76. The van der Waals surface area contributed by atoms with Crippen LogP contribution in [0.25, 0.3) is 0 Å². The number of nitrogens with zero attached hydrogens (tertiary/aromatic N) is 2. The Kier molecular flexibility index (Phi) is 6.21. The lowest BCUT2D eigenvalue weighted by molar-refractivity contribution is 0.331. The molecule has 3 aromatic rings. The average molecular weight is 386 g/mol. The number of benzene rings is 2. The van der Waals surface area contributed by atoms with Crippen LogP contribution in [0.4, 0.5) is 26.2 Å². The molecule has 8 heteroatoms. The van der Waals surface area contributed by atoms with Gasteiger partial charge in [-0.1, -0.05) is 0 Å². The van der Waals surface area contributed by atoms with Crippen LogP contribution >= 0.6 is 0 Å². The van der Waals surface area contributed by atoms with Crippen LogP contribution in [-0.2, 0) is 0 Å². The van der Waals surface area contributed by atoms with Gasteiger partial charge in [-0.3, -0.25) is 0 Å². The first kappa shape index (κ1) is 19.3. The van der Waals surface area contributed by atoms with Crippen molar-refractivity contribution in [2.75, 3.05) is 30.9 Å². The highest BCUT2D eigenvalue weighted by Gasteiger charge is 2.06. The molecule has 0 saturated carbocycles. The van der Waals surface area contributed by atoms with Crippen LogP contribution < -0.4 is 20.1 Å². The number of halogens is 2. The van der Waals surface area contributed by atoms with E-state index >= 15 is 0 Å². The van der Waals surface area contributed by atoms with Crippen molar-refractivity contribution in [2.45, 2.75) is 6.92 Å². The predicted octanol–water partition coefficient (Wildman–Crippen LogP) is 4.31. The minimum absolute atomic E-state index is 0.394. The topological polar surface area (TPSA) is 68.3 Å². The molecule has 0 fully saturated rings. The summed E-state index contributed by atoms with van der Waals surface area (Å²) >= 11 is 0. The summed E-state index contributed by atoms with van der Waals surface area (Å²) in [6.45, 7) is 2.72. The molecule has 2 N–H and O–H groups in total. The van der Waals surface area contributed by atoms with Gasteiger partial charge in [0.15, 0.2) is 11.6 Å². The van der Waals surface area contributed by atoms with Crippen molar-refractivity contribution in [3.63, 3.8) is 0 Å². The average Bonchev–Trinajstić information content (AvgIpc) is 2.68. The van der Waals surface area contributed by atoms with Crippen molar-refractivity contribution in [3.05, 3.63) is 65.9 Å². The van der Waals surface area contributed by atoms with Gasteiger partial charge in [-0.25, -0.2) is 13.8 Å². The third kappa shape index (κ3) is 5.29. The first-order valence-corrected chi connectivity index (χ1v) is 8.62. The first-order valence-electron chi connectivity index (χ1n) is 8.62. The van der Waals surface area contributed by atoms with Gasteiger partial charge in [-0.05, 0) is 43.3 Å². The third-order valence-corrected chi connectivity index (χ3v) is 3.76. The molecule has 0 unspecified atom stereocenters. The lowest BCUT2D eigenvalue weighted by Crippen LogP contribution is -2.14. The summed E-state index contributed by atoms with van der Waals surface area (Å²) in [4.78, 5) is 8.63. The van der Waals surface area contributed by atoms with Gasteiger partial charge in [0.05, 0.1) is 13.7 Å². The normalized spacial score (nSPS) is 10.4. The molecule has 6 nitrogen and oxygen atoms in total. The Hall–Kier alpha value is -3.42. The second-order valence-electron chi connectivity index (χ2n) is 5.92. The van der Waals surface area contributed by atoms with Crippen molar-refractivity contribution in [3.8, 4) is 11.5 Å². The van der Waals surface area contributed by atoms with Crippen LogP contribution in [0, 0.1) is 18.6 Å². The highest BCUT2D eigenvalue weighted by atomic mass is 19.2. The molecule has 0 aliphatic rings. The Balaban J connectivity index is 1.55. The second-order valence-corrected chi connectivity index (χ2v) is 5.92. The lowest BCUT2D eigenvalue weighted by Gasteiger charge is -2.11. The van der Waals surface area contributed by atoms with E-state index in [2.05, 4.69) is 20.6 Å². The number of rotatable bonds is 8. The van der Waals surface area contributed by atoms with E-state index in [1.54, 1.807) is 13.2 Å². The zero-order valence-corrected chi connectivity index (χ0v) is 15.5. The number of methoxy groups -OCH3 is 1. The Labute approximate surface area is 161 Å². The Morgan fingerprint density at radius 1 is 0.929 bits per heavy atom. The Morgan fingerprint density at radius 2 is 1.68 bits per heavy atom. The van der Waals surface area contributed by atoms with E-state index in [0.29, 0.717) is 30.6 Å². The number of hydrogen-bond acceptors (Lipinski definition) is 6. The molecule has 0 bridgehead atoms. The molecule has 0 radical (unpaired) electrons. The molecule has 0 amide bonds. The van der Waals surface area contributed by atoms with E-state index in [4.69, 9.17) is 9.47 Å². The van der Waals surface area contributed by atoms with Crippen LogP contribution in [0.15, 0.2) is 48.5 Å². The summed E-state index contributed by atoms with van der Waals surface area (Å²) in [5.74, 6) is 0.544. The van der Waals surface area contributed by atoms with Gasteiger partial charge in [0, 0.05) is 23.5 Å². The maximum absolute atomic E-state index is 13.3. The Morgan fingerprint density at radius 3 is 2.39 bits per heavy atom. The summed E-state index contributed by atoms with van der Waals surface area (Å²) in [7, 11) is 1.61. The van der Waals surface area contributed by atoms with E-state index in [1.165, 1.54) is 6.07 Å². The van der Waals surface area contributed by atoms with E-state index in [1.807, 2.05) is 31.2 Å². The molecule has 0 spiro atoms. The molecule has 1 heterocycles. The van der Waals surface area contributed by atoms with Gasteiger partial charge in [-0.15, -0.1) is 0 Å². The van der Waals surface area contributed by atoms with Gasteiger partial charge in [-0.2, -0.15) is 4.98 Å². The van der Waals surface area contributed by atoms with Gasteiger partial charge < -0.3 is 20.1 Å². The zero-order chi connectivity index (χ0) is 19.9. The zero-order valence-electron chi connectivity index (χ0n) is 15.5. The number of aromatic nitrogens is 2. The second kappa shape index (κ2) is 8.98. The molecule has 0 saturated heterocycles. The highest BCUT2D eigenvalue weighted by Crippen LogP contribution is 2.19. The SMILES string of the molecule is COc1ccc(OCCNc2nc(C)cc(Nc3ccc(F)c(F)c3)n2)cc1. The van der Waals surface area contributed by atoms with Crippen LogP contribution in [0.2, 0.25) is 0 Å².